The molecule has 1 rings (SSSR count). The van der Waals surface area contributed by atoms with E-state index in [2.05, 4.69) is 26.1 Å². The topological polar surface area (TPSA) is 55.1 Å². The Balaban J connectivity index is 2.27. The van der Waals surface area contributed by atoms with Crippen molar-refractivity contribution >= 4 is 5.91 Å². The molecule has 15 heavy (non-hydrogen) atoms. The average Bonchev–Trinajstić information content (AvgIpc) is 2.97. The van der Waals surface area contributed by atoms with Crippen LogP contribution >= 0.6 is 0 Å². The highest BCUT2D eigenvalue weighted by molar-refractivity contribution is 5.76. The van der Waals surface area contributed by atoms with Gasteiger partial charge in [0, 0.05) is 19.0 Å². The third-order valence-corrected chi connectivity index (χ3v) is 3.44. The predicted octanol–water partition coefficient (Wildman–Crippen LogP) is 1.52. The molecule has 0 saturated heterocycles. The highest BCUT2D eigenvalue weighted by Gasteiger charge is 2.31. The summed E-state index contributed by atoms with van der Waals surface area (Å²) in [5.41, 5.74) is 5.64. The number of amides is 1. The first-order valence-electron chi connectivity index (χ1n) is 6.04. The maximum atomic E-state index is 11.7. The van der Waals surface area contributed by atoms with Crippen LogP contribution in [0.3, 0.4) is 0 Å². The molecule has 0 aromatic heterocycles. The first-order chi connectivity index (χ1) is 7.04. The molecule has 3 N–H and O–H groups in total. The van der Waals surface area contributed by atoms with Gasteiger partial charge in [-0.2, -0.15) is 0 Å². The molecule has 0 aliphatic heterocycles. The van der Waals surface area contributed by atoms with E-state index in [1.165, 1.54) is 12.8 Å². The van der Waals surface area contributed by atoms with E-state index in [4.69, 9.17) is 5.73 Å². The van der Waals surface area contributed by atoms with Crippen molar-refractivity contribution in [2.75, 3.05) is 6.54 Å². The van der Waals surface area contributed by atoms with Crippen molar-refractivity contribution in [3.63, 3.8) is 0 Å². The van der Waals surface area contributed by atoms with E-state index in [9.17, 15) is 4.79 Å². The fourth-order valence-corrected chi connectivity index (χ4v) is 1.66. The lowest BCUT2D eigenvalue weighted by atomic mass is 9.94. The summed E-state index contributed by atoms with van der Waals surface area (Å²) in [5.74, 6) is 1.82. The number of nitrogens with two attached hydrogens (primary N) is 1. The summed E-state index contributed by atoms with van der Waals surface area (Å²) in [5, 5.41) is 3.05. The Morgan fingerprint density at radius 3 is 2.40 bits per heavy atom. The van der Waals surface area contributed by atoms with Gasteiger partial charge >= 0.3 is 0 Å². The molecule has 88 valence electrons. The Hall–Kier alpha value is -0.570. The van der Waals surface area contributed by atoms with E-state index in [0.717, 1.165) is 0 Å². The normalized spacial score (nSPS) is 20.1. The van der Waals surface area contributed by atoms with E-state index in [1.807, 2.05) is 0 Å². The van der Waals surface area contributed by atoms with Crippen LogP contribution in [0.15, 0.2) is 0 Å². The second-order valence-corrected chi connectivity index (χ2v) is 5.17. The molecular weight excluding hydrogens is 188 g/mol. The Morgan fingerprint density at radius 2 is 2.00 bits per heavy atom. The van der Waals surface area contributed by atoms with Crippen LogP contribution in [0.4, 0.5) is 0 Å². The van der Waals surface area contributed by atoms with Crippen LogP contribution in [0.5, 0.6) is 0 Å². The Labute approximate surface area is 92.8 Å². The summed E-state index contributed by atoms with van der Waals surface area (Å²) in [6.45, 7) is 7.00. The number of rotatable bonds is 6. The highest BCUT2D eigenvalue weighted by Crippen LogP contribution is 2.32. The van der Waals surface area contributed by atoms with Crippen LogP contribution in [-0.2, 0) is 4.79 Å². The van der Waals surface area contributed by atoms with Crippen molar-refractivity contribution in [1.29, 1.82) is 0 Å². The van der Waals surface area contributed by atoms with Gasteiger partial charge in [-0.05, 0) is 30.6 Å². The molecule has 1 aliphatic rings. The second kappa shape index (κ2) is 5.50. The third-order valence-electron chi connectivity index (χ3n) is 3.44. The molecule has 3 heteroatoms. The Kier molecular flexibility index (Phi) is 4.58. The zero-order chi connectivity index (χ0) is 11.4. The van der Waals surface area contributed by atoms with E-state index in [0.29, 0.717) is 30.7 Å². The number of carbonyl (C=O) groups is 1. The van der Waals surface area contributed by atoms with Crippen LogP contribution in [0, 0.1) is 17.8 Å². The molecular formula is C12H24N2O. The Bertz CT molecular complexity index is 212. The van der Waals surface area contributed by atoms with Gasteiger partial charge in [-0.25, -0.2) is 0 Å². The molecule has 0 radical (unpaired) electrons. The number of hydrogen-bond acceptors (Lipinski definition) is 2. The predicted molar refractivity (Wildman–Crippen MR) is 62.3 cm³/mol. The highest BCUT2D eigenvalue weighted by atomic mass is 16.1. The number of hydrogen-bond donors (Lipinski definition) is 2. The minimum atomic E-state index is 0.165. The van der Waals surface area contributed by atoms with Gasteiger partial charge in [0.05, 0.1) is 0 Å². The van der Waals surface area contributed by atoms with E-state index in [-0.39, 0.29) is 11.9 Å². The minimum absolute atomic E-state index is 0.165. The van der Waals surface area contributed by atoms with Crippen LogP contribution < -0.4 is 11.1 Å². The van der Waals surface area contributed by atoms with Crippen molar-refractivity contribution in [1.82, 2.24) is 5.32 Å². The number of nitrogens with one attached hydrogen (secondary N) is 1. The smallest absolute Gasteiger partial charge is 0.220 e. The molecule has 1 fully saturated rings. The molecule has 0 spiro atoms. The third kappa shape index (κ3) is 4.20. The molecule has 1 aliphatic carbocycles. The fraction of sp³-hybridized carbons (Fsp3) is 0.917. The van der Waals surface area contributed by atoms with Gasteiger partial charge in [0.2, 0.25) is 5.91 Å². The second-order valence-electron chi connectivity index (χ2n) is 5.17. The van der Waals surface area contributed by atoms with Crippen LogP contribution in [0.2, 0.25) is 0 Å². The zero-order valence-corrected chi connectivity index (χ0v) is 10.1. The van der Waals surface area contributed by atoms with Gasteiger partial charge in [-0.3, -0.25) is 4.79 Å². The van der Waals surface area contributed by atoms with Crippen LogP contribution in [0.1, 0.15) is 40.0 Å². The van der Waals surface area contributed by atoms with Crippen molar-refractivity contribution in [3.05, 3.63) is 0 Å². The van der Waals surface area contributed by atoms with Gasteiger partial charge in [0.15, 0.2) is 0 Å². The molecule has 0 heterocycles. The average molecular weight is 212 g/mol. The fourth-order valence-electron chi connectivity index (χ4n) is 1.66. The van der Waals surface area contributed by atoms with Crippen molar-refractivity contribution < 1.29 is 4.79 Å². The molecule has 1 saturated carbocycles. The maximum absolute atomic E-state index is 11.7. The van der Waals surface area contributed by atoms with Crippen molar-refractivity contribution in [2.45, 2.75) is 46.1 Å². The minimum Gasteiger partial charge on any atom is -0.352 e. The standard InChI is InChI=1S/C12H24N2O/c1-8(2)9(3)6-12(15)14-11(7-13)10-4-5-10/h8-11H,4-7,13H2,1-3H3,(H,14,15). The molecule has 3 nitrogen and oxygen atoms in total. The van der Waals surface area contributed by atoms with E-state index in [1.54, 1.807) is 0 Å². The van der Waals surface area contributed by atoms with Crippen molar-refractivity contribution in [2.24, 2.45) is 23.5 Å². The van der Waals surface area contributed by atoms with E-state index < -0.39 is 0 Å². The van der Waals surface area contributed by atoms with Gasteiger partial charge in [-0.1, -0.05) is 20.8 Å². The lowest BCUT2D eigenvalue weighted by Gasteiger charge is -2.19. The first kappa shape index (κ1) is 12.5. The Morgan fingerprint density at radius 1 is 1.40 bits per heavy atom. The van der Waals surface area contributed by atoms with Crippen LogP contribution in [0.25, 0.3) is 0 Å². The first-order valence-corrected chi connectivity index (χ1v) is 6.04. The largest absolute Gasteiger partial charge is 0.352 e. The molecule has 1 amide bonds. The van der Waals surface area contributed by atoms with Gasteiger partial charge in [0.25, 0.3) is 0 Å². The van der Waals surface area contributed by atoms with Gasteiger partial charge < -0.3 is 11.1 Å². The summed E-state index contributed by atoms with van der Waals surface area (Å²) in [4.78, 5) is 11.7. The quantitative estimate of drug-likeness (QED) is 0.701. The lowest BCUT2D eigenvalue weighted by molar-refractivity contribution is -0.123. The molecule has 0 bridgehead atoms. The summed E-state index contributed by atoms with van der Waals surface area (Å²) in [7, 11) is 0. The van der Waals surface area contributed by atoms with Gasteiger partial charge in [0.1, 0.15) is 0 Å². The summed E-state index contributed by atoms with van der Waals surface area (Å²) in [6, 6.07) is 0.219. The molecule has 2 unspecified atom stereocenters. The lowest BCUT2D eigenvalue weighted by Crippen LogP contribution is -2.42. The number of carbonyl (C=O) groups excluding carboxylic acids is 1. The monoisotopic (exact) mass is 212 g/mol. The molecule has 0 aromatic carbocycles. The molecule has 2 atom stereocenters. The maximum Gasteiger partial charge on any atom is 0.220 e. The summed E-state index contributed by atoms with van der Waals surface area (Å²) >= 11 is 0. The zero-order valence-electron chi connectivity index (χ0n) is 10.1. The van der Waals surface area contributed by atoms with E-state index >= 15 is 0 Å². The summed E-state index contributed by atoms with van der Waals surface area (Å²) < 4.78 is 0. The molecule has 0 aromatic rings. The summed E-state index contributed by atoms with van der Waals surface area (Å²) in [6.07, 6.45) is 3.07. The van der Waals surface area contributed by atoms with Crippen molar-refractivity contribution in [3.8, 4) is 0 Å². The SMILES string of the molecule is CC(C)C(C)CC(=O)NC(CN)C1CC1. The van der Waals surface area contributed by atoms with Crippen LogP contribution in [-0.4, -0.2) is 18.5 Å². The van der Waals surface area contributed by atoms with Gasteiger partial charge in [-0.15, -0.1) is 0 Å².